The van der Waals surface area contributed by atoms with Gasteiger partial charge in [-0.05, 0) is 56.5 Å². The molecular formula is C27H34Cl2N6O3S. The van der Waals surface area contributed by atoms with Crippen LogP contribution in [-0.2, 0) is 14.8 Å². The van der Waals surface area contributed by atoms with Crippen LogP contribution in [0.4, 0.5) is 5.82 Å². The van der Waals surface area contributed by atoms with Gasteiger partial charge in [0.1, 0.15) is 11.7 Å². The third-order valence-electron chi connectivity index (χ3n) is 6.82. The van der Waals surface area contributed by atoms with Gasteiger partial charge >= 0.3 is 0 Å². The lowest BCUT2D eigenvalue weighted by Gasteiger charge is -2.27. The van der Waals surface area contributed by atoms with E-state index in [4.69, 9.17) is 28.9 Å². The number of nitrogen functional groups attached to an aromatic ring is 1. The molecular weight excluding hydrogens is 559 g/mol. The maximum absolute atomic E-state index is 13.2. The van der Waals surface area contributed by atoms with Gasteiger partial charge < -0.3 is 21.3 Å². The number of allylic oxidation sites excluding steroid dienone is 3. The molecule has 9 nitrogen and oxygen atoms in total. The van der Waals surface area contributed by atoms with Crippen LogP contribution in [0, 0.1) is 6.92 Å². The number of nitrogens with zero attached hydrogens (tertiary/aromatic N) is 3. The number of hydrogen-bond acceptors (Lipinski definition) is 6. The van der Waals surface area contributed by atoms with Gasteiger partial charge in [0.05, 0.1) is 22.4 Å². The van der Waals surface area contributed by atoms with Crippen LogP contribution >= 0.6 is 23.2 Å². The first-order valence-electron chi connectivity index (χ1n) is 12.8. The van der Waals surface area contributed by atoms with E-state index in [-0.39, 0.29) is 34.6 Å². The molecule has 210 valence electrons. The van der Waals surface area contributed by atoms with Crippen molar-refractivity contribution in [2.75, 3.05) is 32.4 Å². The molecule has 4 N–H and O–H groups in total. The van der Waals surface area contributed by atoms with E-state index >= 15 is 0 Å². The molecule has 2 atom stereocenters. The van der Waals surface area contributed by atoms with Crippen molar-refractivity contribution in [2.45, 2.75) is 48.9 Å². The highest BCUT2D eigenvalue weighted by atomic mass is 35.5. The number of amides is 1. The summed E-state index contributed by atoms with van der Waals surface area (Å²) in [7, 11) is -2.24. The van der Waals surface area contributed by atoms with Gasteiger partial charge in [-0.15, -0.1) is 11.6 Å². The van der Waals surface area contributed by atoms with Crippen molar-refractivity contribution >= 4 is 50.8 Å². The molecule has 1 aliphatic heterocycles. The van der Waals surface area contributed by atoms with Crippen LogP contribution in [0.5, 0.6) is 0 Å². The Morgan fingerprint density at radius 1 is 1.21 bits per heavy atom. The van der Waals surface area contributed by atoms with Crippen molar-refractivity contribution in [3.8, 4) is 0 Å². The molecule has 12 heteroatoms. The quantitative estimate of drug-likeness (QED) is 0.257. The zero-order chi connectivity index (χ0) is 28.2. The SMILES string of the molecule is CN=C(NC1CCCCN(C(=O)CNC2=CC(Cl)CC(Cl)=C2)C1)c1ccn(S(=O)(=O)c2ccc(C)cc2)c1N. The van der Waals surface area contributed by atoms with E-state index < -0.39 is 10.0 Å². The minimum atomic E-state index is -3.87. The van der Waals surface area contributed by atoms with Crippen LogP contribution in [0.15, 0.2) is 69.3 Å². The minimum absolute atomic E-state index is 0.0318. The number of aryl methyl sites for hydroxylation is 1. The number of anilines is 1. The van der Waals surface area contributed by atoms with E-state index in [1.165, 1.54) is 6.20 Å². The second-order valence-corrected chi connectivity index (χ2v) is 12.6. The van der Waals surface area contributed by atoms with Crippen molar-refractivity contribution < 1.29 is 13.2 Å². The van der Waals surface area contributed by atoms with Crippen molar-refractivity contribution in [3.63, 3.8) is 0 Å². The average Bonchev–Trinajstić information content (AvgIpc) is 3.12. The molecule has 0 saturated carbocycles. The van der Waals surface area contributed by atoms with Gasteiger partial charge in [0, 0.05) is 49.5 Å². The van der Waals surface area contributed by atoms with Crippen molar-refractivity contribution in [2.24, 2.45) is 4.99 Å². The molecule has 1 aliphatic carbocycles. The molecule has 0 spiro atoms. The second-order valence-electron chi connectivity index (χ2n) is 9.76. The summed E-state index contributed by atoms with van der Waals surface area (Å²) in [4.78, 5) is 19.4. The molecule has 0 bridgehead atoms. The lowest BCUT2D eigenvalue weighted by Crippen LogP contribution is -2.47. The summed E-state index contributed by atoms with van der Waals surface area (Å²) >= 11 is 12.3. The normalized spacial score (nSPS) is 20.6. The number of nitrogens with one attached hydrogen (secondary N) is 2. The van der Waals surface area contributed by atoms with E-state index in [0.29, 0.717) is 35.9 Å². The highest BCUT2D eigenvalue weighted by Crippen LogP contribution is 2.24. The van der Waals surface area contributed by atoms with E-state index in [1.807, 2.05) is 17.9 Å². The smallest absolute Gasteiger partial charge is 0.269 e. The second kappa shape index (κ2) is 12.5. The number of carbonyl (C=O) groups excluding carboxylic acids is 1. The number of carbonyl (C=O) groups is 1. The highest BCUT2D eigenvalue weighted by Gasteiger charge is 2.26. The van der Waals surface area contributed by atoms with E-state index in [1.54, 1.807) is 43.5 Å². The molecule has 1 aromatic heterocycles. The molecule has 4 rings (SSSR count). The first kappa shape index (κ1) is 29.0. The van der Waals surface area contributed by atoms with E-state index in [2.05, 4.69) is 15.6 Å². The summed E-state index contributed by atoms with van der Waals surface area (Å²) in [6.45, 7) is 3.16. The fourth-order valence-electron chi connectivity index (χ4n) is 4.72. The van der Waals surface area contributed by atoms with Crippen LogP contribution in [-0.4, -0.2) is 67.1 Å². The highest BCUT2D eigenvalue weighted by molar-refractivity contribution is 7.90. The first-order valence-corrected chi connectivity index (χ1v) is 15.1. The fraction of sp³-hybridized carbons (Fsp3) is 0.407. The number of aliphatic imine (C=N–C) groups is 1. The molecule has 2 unspecified atom stereocenters. The lowest BCUT2D eigenvalue weighted by atomic mass is 10.1. The van der Waals surface area contributed by atoms with E-state index in [0.717, 1.165) is 34.5 Å². The van der Waals surface area contributed by atoms with Gasteiger partial charge in [-0.3, -0.25) is 9.79 Å². The molecule has 1 aromatic carbocycles. The zero-order valence-electron chi connectivity index (χ0n) is 22.0. The number of alkyl halides is 1. The van der Waals surface area contributed by atoms with Gasteiger partial charge in [-0.1, -0.05) is 29.3 Å². The number of benzene rings is 1. The maximum Gasteiger partial charge on any atom is 0.269 e. The number of hydrogen-bond donors (Lipinski definition) is 3. The Hall–Kier alpha value is -2.95. The number of likely N-dealkylation sites (tertiary alicyclic amines) is 1. The molecule has 2 aliphatic rings. The van der Waals surface area contributed by atoms with Crippen LogP contribution in [0.25, 0.3) is 0 Å². The van der Waals surface area contributed by atoms with Gasteiger partial charge in [-0.25, -0.2) is 12.4 Å². The molecule has 39 heavy (non-hydrogen) atoms. The summed E-state index contributed by atoms with van der Waals surface area (Å²) in [5.41, 5.74) is 8.52. The summed E-state index contributed by atoms with van der Waals surface area (Å²) in [6.07, 6.45) is 8.31. The number of halogens is 2. The van der Waals surface area contributed by atoms with Crippen molar-refractivity contribution in [1.29, 1.82) is 0 Å². The summed E-state index contributed by atoms with van der Waals surface area (Å²) in [6, 6.07) is 8.17. The van der Waals surface area contributed by atoms with Crippen molar-refractivity contribution in [3.05, 3.63) is 70.5 Å². The van der Waals surface area contributed by atoms with Crippen LogP contribution in [0.1, 0.15) is 36.8 Å². The first-order chi connectivity index (χ1) is 18.6. The number of amidine groups is 1. The Labute approximate surface area is 239 Å². The Morgan fingerprint density at radius 3 is 2.64 bits per heavy atom. The van der Waals surface area contributed by atoms with Gasteiger partial charge in [0.25, 0.3) is 10.0 Å². The molecule has 0 radical (unpaired) electrons. The largest absolute Gasteiger partial charge is 0.384 e. The number of aromatic nitrogens is 1. The van der Waals surface area contributed by atoms with Crippen LogP contribution < -0.4 is 16.4 Å². The standard InChI is InChI=1S/C27H34Cl2N6O3S/c1-18-6-8-23(9-7-18)39(37,38)35-12-10-24(26(35)30)27(31-2)33-21-5-3-4-11-34(17-21)25(36)16-32-22-14-19(28)13-20(29)15-22/h6-10,12,14-15,19,21,32H,3-5,11,13,16-17,30H2,1-2H3,(H,31,33). The Kier molecular flexibility index (Phi) is 9.30. The Morgan fingerprint density at radius 2 is 1.95 bits per heavy atom. The number of nitrogens with two attached hydrogens (primary N) is 1. The molecule has 1 fully saturated rings. The predicted octanol–water partition coefficient (Wildman–Crippen LogP) is 3.57. The maximum atomic E-state index is 13.2. The Balaban J connectivity index is 1.44. The summed E-state index contributed by atoms with van der Waals surface area (Å²) in [5.74, 6) is 0.512. The van der Waals surface area contributed by atoms with Gasteiger partial charge in [-0.2, -0.15) is 0 Å². The summed E-state index contributed by atoms with van der Waals surface area (Å²) in [5, 5.41) is 7.00. The lowest BCUT2D eigenvalue weighted by molar-refractivity contribution is -0.130. The van der Waals surface area contributed by atoms with Crippen LogP contribution in [0.2, 0.25) is 0 Å². The molecule has 2 heterocycles. The molecule has 1 saturated heterocycles. The third-order valence-corrected chi connectivity index (χ3v) is 9.07. The molecule has 1 amide bonds. The predicted molar refractivity (Wildman–Crippen MR) is 157 cm³/mol. The van der Waals surface area contributed by atoms with E-state index in [9.17, 15) is 13.2 Å². The zero-order valence-corrected chi connectivity index (χ0v) is 24.4. The monoisotopic (exact) mass is 592 g/mol. The fourth-order valence-corrected chi connectivity index (χ4v) is 6.67. The van der Waals surface area contributed by atoms with Crippen molar-refractivity contribution in [1.82, 2.24) is 19.5 Å². The third kappa shape index (κ3) is 6.98. The summed E-state index contributed by atoms with van der Waals surface area (Å²) < 4.78 is 27.5. The number of rotatable bonds is 7. The average molecular weight is 594 g/mol. The van der Waals surface area contributed by atoms with Gasteiger partial charge in [0.15, 0.2) is 0 Å². The topological polar surface area (TPSA) is 122 Å². The Bertz CT molecular complexity index is 1400. The minimum Gasteiger partial charge on any atom is -0.384 e. The van der Waals surface area contributed by atoms with Gasteiger partial charge in [0.2, 0.25) is 5.91 Å². The molecule has 2 aromatic rings. The van der Waals surface area contributed by atoms with Crippen LogP contribution in [0.3, 0.4) is 0 Å².